The van der Waals surface area contributed by atoms with Crippen molar-refractivity contribution < 1.29 is 19.6 Å². The molecule has 0 aliphatic carbocycles. The predicted molar refractivity (Wildman–Crippen MR) is 75.1 cm³/mol. The van der Waals surface area contributed by atoms with E-state index in [0.717, 1.165) is 6.07 Å². The molecule has 1 aromatic carbocycles. The fraction of sp³-hybridized carbons (Fsp3) is 0.429. The fourth-order valence-electron chi connectivity index (χ4n) is 2.45. The highest BCUT2D eigenvalue weighted by Gasteiger charge is 2.44. The molecule has 0 saturated heterocycles. The van der Waals surface area contributed by atoms with E-state index in [1.54, 1.807) is 19.9 Å². The second-order valence-electron chi connectivity index (χ2n) is 5.60. The average Bonchev–Trinajstić information content (AvgIpc) is 2.42. The zero-order valence-corrected chi connectivity index (χ0v) is 12.3. The minimum atomic E-state index is -1.07. The van der Waals surface area contributed by atoms with Gasteiger partial charge < -0.3 is 15.2 Å². The number of ether oxygens (including phenoxy) is 1. The molecule has 8 nitrogen and oxygen atoms in total. The van der Waals surface area contributed by atoms with Crippen LogP contribution < -0.4 is 10.1 Å². The second kappa shape index (κ2) is 5.27. The molecule has 1 aromatic rings. The molecular formula is C14H15N3O5. The van der Waals surface area contributed by atoms with Crippen LogP contribution in [0.4, 0.5) is 5.69 Å². The van der Waals surface area contributed by atoms with Gasteiger partial charge in [-0.05, 0) is 19.9 Å². The van der Waals surface area contributed by atoms with Crippen LogP contribution in [0, 0.1) is 21.4 Å². The number of aliphatic hydroxyl groups excluding tert-OH is 1. The first-order valence-corrected chi connectivity index (χ1v) is 6.54. The van der Waals surface area contributed by atoms with E-state index >= 15 is 0 Å². The topological polar surface area (TPSA) is 125 Å². The van der Waals surface area contributed by atoms with Gasteiger partial charge in [0, 0.05) is 12.5 Å². The smallest absolute Gasteiger partial charge is 0.290 e. The lowest BCUT2D eigenvalue weighted by atomic mass is 9.85. The molecule has 0 fully saturated rings. The Kier molecular flexibility index (Phi) is 3.77. The van der Waals surface area contributed by atoms with Crippen LogP contribution in [0.1, 0.15) is 37.9 Å². The number of aliphatic hydroxyl groups is 1. The lowest BCUT2D eigenvalue weighted by molar-refractivity contribution is -0.385. The van der Waals surface area contributed by atoms with E-state index in [1.807, 2.05) is 0 Å². The third-order valence-corrected chi connectivity index (χ3v) is 3.54. The zero-order valence-electron chi connectivity index (χ0n) is 12.3. The Morgan fingerprint density at radius 1 is 1.55 bits per heavy atom. The van der Waals surface area contributed by atoms with E-state index in [2.05, 4.69) is 5.32 Å². The quantitative estimate of drug-likeness (QED) is 0.624. The summed E-state index contributed by atoms with van der Waals surface area (Å²) >= 11 is 0. The van der Waals surface area contributed by atoms with Crippen molar-refractivity contribution in [3.63, 3.8) is 0 Å². The van der Waals surface area contributed by atoms with Gasteiger partial charge in [-0.2, -0.15) is 5.26 Å². The van der Waals surface area contributed by atoms with Gasteiger partial charge in [0.1, 0.15) is 29.1 Å². The molecule has 0 radical (unpaired) electrons. The minimum Gasteiger partial charge on any atom is -0.484 e. The molecule has 0 saturated carbocycles. The maximum absolute atomic E-state index is 11.4. The van der Waals surface area contributed by atoms with Gasteiger partial charge in [0.25, 0.3) is 5.69 Å². The van der Waals surface area contributed by atoms with Crippen molar-refractivity contribution in [2.75, 3.05) is 0 Å². The minimum absolute atomic E-state index is 0.158. The van der Waals surface area contributed by atoms with Crippen LogP contribution >= 0.6 is 0 Å². The summed E-state index contributed by atoms with van der Waals surface area (Å²) in [7, 11) is 0. The van der Waals surface area contributed by atoms with Gasteiger partial charge in [0.15, 0.2) is 0 Å². The van der Waals surface area contributed by atoms with Crippen molar-refractivity contribution in [2.45, 2.75) is 38.5 Å². The molecular weight excluding hydrogens is 290 g/mol. The standard InChI is InChI=1S/C14H15N3O5/c1-7(18)16-12-9-4-8(6-15)10(17(20)21)5-11(9)22-14(2,3)13(12)19/h4-5,12-13,19H,1-3H3,(H,16,18). The number of carbonyl (C=O) groups is 1. The first-order valence-electron chi connectivity index (χ1n) is 6.54. The third kappa shape index (κ3) is 2.58. The predicted octanol–water partition coefficient (Wildman–Crippen LogP) is 1.18. The zero-order chi connectivity index (χ0) is 16.7. The summed E-state index contributed by atoms with van der Waals surface area (Å²) < 4.78 is 5.62. The molecule has 8 heteroatoms. The Labute approximate surface area is 126 Å². The van der Waals surface area contributed by atoms with Crippen LogP contribution in [0.25, 0.3) is 0 Å². The Morgan fingerprint density at radius 2 is 2.18 bits per heavy atom. The second-order valence-corrected chi connectivity index (χ2v) is 5.60. The van der Waals surface area contributed by atoms with Crippen LogP contribution in [0.15, 0.2) is 12.1 Å². The first-order chi connectivity index (χ1) is 10.2. The Balaban J connectivity index is 2.65. The number of nitro groups is 1. The maximum Gasteiger partial charge on any atom is 0.290 e. The van der Waals surface area contributed by atoms with E-state index in [4.69, 9.17) is 10.00 Å². The monoisotopic (exact) mass is 305 g/mol. The molecule has 0 aromatic heterocycles. The molecule has 2 atom stereocenters. The van der Waals surface area contributed by atoms with Gasteiger partial charge >= 0.3 is 0 Å². The number of benzene rings is 1. The van der Waals surface area contributed by atoms with Crippen LogP contribution in [0.2, 0.25) is 0 Å². The molecule has 2 unspecified atom stereocenters. The van der Waals surface area contributed by atoms with Gasteiger partial charge in [-0.3, -0.25) is 14.9 Å². The lowest BCUT2D eigenvalue weighted by Gasteiger charge is -2.42. The Bertz CT molecular complexity index is 692. The van der Waals surface area contributed by atoms with Crippen molar-refractivity contribution in [1.82, 2.24) is 5.32 Å². The summed E-state index contributed by atoms with van der Waals surface area (Å²) in [5.74, 6) is -0.204. The summed E-state index contributed by atoms with van der Waals surface area (Å²) in [5, 5.41) is 33.1. The van der Waals surface area contributed by atoms with Crippen molar-refractivity contribution >= 4 is 11.6 Å². The molecule has 1 heterocycles. The van der Waals surface area contributed by atoms with Crippen molar-refractivity contribution in [1.29, 1.82) is 5.26 Å². The number of hydrogen-bond donors (Lipinski definition) is 2. The van der Waals surface area contributed by atoms with E-state index < -0.39 is 22.7 Å². The average molecular weight is 305 g/mol. The molecule has 22 heavy (non-hydrogen) atoms. The van der Waals surface area contributed by atoms with Gasteiger partial charge in [-0.15, -0.1) is 0 Å². The number of fused-ring (bicyclic) bond motifs is 1. The summed E-state index contributed by atoms with van der Waals surface area (Å²) in [4.78, 5) is 21.7. The molecule has 2 rings (SSSR count). The molecule has 116 valence electrons. The first kappa shape index (κ1) is 15.7. The number of rotatable bonds is 2. The number of amides is 1. The lowest BCUT2D eigenvalue weighted by Crippen LogP contribution is -2.53. The number of nitriles is 1. The fourth-order valence-corrected chi connectivity index (χ4v) is 2.45. The summed E-state index contributed by atoms with van der Waals surface area (Å²) in [6.45, 7) is 4.52. The summed E-state index contributed by atoms with van der Waals surface area (Å²) in [6, 6.07) is 3.35. The third-order valence-electron chi connectivity index (χ3n) is 3.54. The van der Waals surface area contributed by atoms with Gasteiger partial charge in [-0.25, -0.2) is 0 Å². The van der Waals surface area contributed by atoms with E-state index in [-0.39, 0.29) is 22.9 Å². The van der Waals surface area contributed by atoms with Crippen molar-refractivity contribution in [3.05, 3.63) is 33.4 Å². The largest absolute Gasteiger partial charge is 0.484 e. The van der Waals surface area contributed by atoms with E-state index in [1.165, 1.54) is 13.0 Å². The molecule has 0 spiro atoms. The number of carbonyl (C=O) groups excluding carboxylic acids is 1. The number of hydrogen-bond acceptors (Lipinski definition) is 6. The van der Waals surface area contributed by atoms with Gasteiger partial charge in [0.2, 0.25) is 5.91 Å². The highest BCUT2D eigenvalue weighted by atomic mass is 16.6. The molecule has 2 N–H and O–H groups in total. The SMILES string of the molecule is CC(=O)NC1c2cc(C#N)c([N+](=O)[O-])cc2OC(C)(C)C1O. The number of nitro benzene ring substituents is 1. The Morgan fingerprint density at radius 3 is 2.68 bits per heavy atom. The van der Waals surface area contributed by atoms with E-state index in [9.17, 15) is 20.0 Å². The van der Waals surface area contributed by atoms with Crippen LogP contribution in [0.3, 0.4) is 0 Å². The normalized spacial score (nSPS) is 22.0. The van der Waals surface area contributed by atoms with Crippen LogP contribution in [0.5, 0.6) is 5.75 Å². The van der Waals surface area contributed by atoms with Gasteiger partial charge in [0.05, 0.1) is 17.0 Å². The van der Waals surface area contributed by atoms with Crippen molar-refractivity contribution in [3.8, 4) is 11.8 Å². The van der Waals surface area contributed by atoms with E-state index in [0.29, 0.717) is 5.56 Å². The molecule has 1 aliphatic rings. The summed E-state index contributed by atoms with van der Waals surface area (Å²) in [6.07, 6.45) is -1.07. The van der Waals surface area contributed by atoms with Crippen molar-refractivity contribution in [2.24, 2.45) is 0 Å². The molecule has 1 aliphatic heterocycles. The van der Waals surface area contributed by atoms with Crippen LogP contribution in [-0.2, 0) is 4.79 Å². The summed E-state index contributed by atoms with van der Waals surface area (Å²) in [5.41, 5.74) is -1.25. The molecule has 0 bridgehead atoms. The maximum atomic E-state index is 11.4. The number of nitrogens with zero attached hydrogens (tertiary/aromatic N) is 2. The number of nitrogens with one attached hydrogen (secondary N) is 1. The highest BCUT2D eigenvalue weighted by Crippen LogP contribution is 2.42. The van der Waals surface area contributed by atoms with Crippen LogP contribution in [-0.4, -0.2) is 27.6 Å². The molecule has 1 amide bonds. The van der Waals surface area contributed by atoms with Gasteiger partial charge in [-0.1, -0.05) is 0 Å². The highest BCUT2D eigenvalue weighted by molar-refractivity contribution is 5.74. The Hall–Kier alpha value is -2.66.